The van der Waals surface area contributed by atoms with E-state index in [1.807, 2.05) is 126 Å². The fraction of sp³-hybridized carbons (Fsp3) is 0.421. The van der Waals surface area contributed by atoms with Crippen molar-refractivity contribution < 1.29 is 47.3 Å². The summed E-state index contributed by atoms with van der Waals surface area (Å²) in [6, 6.07) is 32.2. The summed E-state index contributed by atoms with van der Waals surface area (Å²) < 4.78 is 56.0. The van der Waals surface area contributed by atoms with E-state index in [0.717, 1.165) is 22.3 Å². The van der Waals surface area contributed by atoms with E-state index >= 15 is 9.13 Å². The zero-order chi connectivity index (χ0) is 56.9. The Labute approximate surface area is 466 Å². The first-order valence-corrected chi connectivity index (χ1v) is 31.0. The van der Waals surface area contributed by atoms with E-state index in [1.165, 1.54) is 12.7 Å². The molecule has 23 heteroatoms. The molecule has 1 aliphatic rings. The van der Waals surface area contributed by atoms with Gasteiger partial charge in [-0.05, 0) is 75.6 Å². The molecule has 7 rings (SSSR count). The molecule has 5 atom stereocenters. The van der Waals surface area contributed by atoms with Crippen LogP contribution < -0.4 is 25.9 Å². The lowest BCUT2D eigenvalue weighted by molar-refractivity contribution is -0.146. The van der Waals surface area contributed by atoms with Gasteiger partial charge in [-0.2, -0.15) is 0 Å². The third-order valence-electron chi connectivity index (χ3n) is 13.5. The molecule has 1 aliphatic heterocycles. The molecule has 6 aromatic rings. The number of rotatable bonds is 31. The summed E-state index contributed by atoms with van der Waals surface area (Å²) in [4.78, 5) is 83.9. The summed E-state index contributed by atoms with van der Waals surface area (Å²) in [7, 11) is -8.10. The predicted octanol–water partition coefficient (Wildman–Crippen LogP) is 5.51. The highest BCUT2D eigenvalue weighted by atomic mass is 31.2. The highest BCUT2D eigenvalue weighted by Crippen LogP contribution is 2.42. The number of piperazine rings is 1. The van der Waals surface area contributed by atoms with Crippen LogP contribution in [0.4, 0.5) is 0 Å². The van der Waals surface area contributed by atoms with Crippen LogP contribution in [0.1, 0.15) is 49.9 Å². The maximum atomic E-state index is 16.1. The van der Waals surface area contributed by atoms with Crippen molar-refractivity contribution in [1.29, 1.82) is 0 Å². The molecule has 0 radical (unpaired) electrons. The summed E-state index contributed by atoms with van der Waals surface area (Å²) in [6.45, 7) is 8.20. The van der Waals surface area contributed by atoms with Crippen LogP contribution in [-0.4, -0.2) is 148 Å². The topological polar surface area (TPSA) is 258 Å². The van der Waals surface area contributed by atoms with Gasteiger partial charge in [0.1, 0.15) is 24.2 Å². The minimum atomic E-state index is -4.08. The van der Waals surface area contributed by atoms with E-state index in [0.29, 0.717) is 18.7 Å². The monoisotopic (exact) mass is 1140 g/mol. The number of aromatic amines is 1. The van der Waals surface area contributed by atoms with Gasteiger partial charge in [0, 0.05) is 44.9 Å². The first kappa shape index (κ1) is 61.0. The van der Waals surface area contributed by atoms with E-state index in [9.17, 15) is 24.0 Å². The van der Waals surface area contributed by atoms with Gasteiger partial charge in [0.15, 0.2) is 11.2 Å². The molecule has 0 bridgehead atoms. The van der Waals surface area contributed by atoms with Crippen molar-refractivity contribution in [2.45, 2.75) is 90.1 Å². The first-order chi connectivity index (χ1) is 38.7. The lowest BCUT2D eigenvalue weighted by Gasteiger charge is -2.43. The molecule has 0 spiro atoms. The number of nitrogens with zero attached hydrogens (tertiary/aromatic N) is 5. The van der Waals surface area contributed by atoms with Crippen molar-refractivity contribution in [3.63, 3.8) is 0 Å². The molecule has 2 aromatic heterocycles. The smallest absolute Gasteiger partial charge is 0.323 e. The van der Waals surface area contributed by atoms with Crippen molar-refractivity contribution in [2.75, 3.05) is 65.1 Å². The molecular formula is C57H74N10O11P2. The van der Waals surface area contributed by atoms with Crippen LogP contribution in [0.5, 0.6) is 0 Å². The van der Waals surface area contributed by atoms with Gasteiger partial charge in [0.25, 0.3) is 5.56 Å². The van der Waals surface area contributed by atoms with Crippen molar-refractivity contribution in [3.8, 4) is 0 Å². The number of fused-ring (bicyclic) bond motifs is 1. The van der Waals surface area contributed by atoms with Crippen molar-refractivity contribution in [1.82, 2.24) is 49.7 Å². The molecule has 0 amide bonds. The van der Waals surface area contributed by atoms with Crippen molar-refractivity contribution in [3.05, 3.63) is 167 Å². The largest absolute Gasteiger partial charge is 0.465 e. The Bertz CT molecular complexity index is 2950. The Balaban J connectivity index is 1.25. The van der Waals surface area contributed by atoms with Gasteiger partial charge in [0.2, 0.25) is 14.9 Å². The van der Waals surface area contributed by atoms with Gasteiger partial charge in [0.05, 0.1) is 45.4 Å². The van der Waals surface area contributed by atoms with Crippen LogP contribution in [0, 0.1) is 0 Å². The summed E-state index contributed by atoms with van der Waals surface area (Å²) in [5, 5.41) is 12.8. The highest BCUT2D eigenvalue weighted by molar-refractivity contribution is 7.60. The van der Waals surface area contributed by atoms with Crippen molar-refractivity contribution >= 4 is 49.9 Å². The third kappa shape index (κ3) is 17.9. The van der Waals surface area contributed by atoms with Gasteiger partial charge in [-0.1, -0.05) is 121 Å². The Morgan fingerprint density at radius 2 is 0.963 bits per heavy atom. The summed E-state index contributed by atoms with van der Waals surface area (Å²) in [6.07, 6.45) is 3.03. The number of hydrogen-bond donors (Lipinski definition) is 5. The van der Waals surface area contributed by atoms with Gasteiger partial charge < -0.3 is 28.5 Å². The van der Waals surface area contributed by atoms with Gasteiger partial charge in [-0.3, -0.25) is 42.9 Å². The molecule has 80 heavy (non-hydrogen) atoms. The Morgan fingerprint density at radius 1 is 0.575 bits per heavy atom. The maximum Gasteiger partial charge on any atom is 0.323 e. The van der Waals surface area contributed by atoms with Crippen LogP contribution >= 0.6 is 14.9 Å². The zero-order valence-electron chi connectivity index (χ0n) is 45.8. The molecule has 5 N–H and O–H groups in total. The molecule has 428 valence electrons. The molecule has 3 heterocycles. The second kappa shape index (κ2) is 30.2. The van der Waals surface area contributed by atoms with Crippen LogP contribution in [0.3, 0.4) is 0 Å². The molecule has 0 saturated carbocycles. The van der Waals surface area contributed by atoms with E-state index < -0.39 is 74.5 Å². The number of nitrogens with one attached hydrogen (secondary N) is 5. The van der Waals surface area contributed by atoms with Crippen LogP contribution in [0.2, 0.25) is 0 Å². The minimum Gasteiger partial charge on any atom is -0.465 e. The van der Waals surface area contributed by atoms with E-state index in [1.54, 1.807) is 32.3 Å². The Kier molecular flexibility index (Phi) is 23.0. The number of hydrogen-bond acceptors (Lipinski definition) is 15. The normalized spacial score (nSPS) is 15.8. The molecule has 1 saturated heterocycles. The summed E-state index contributed by atoms with van der Waals surface area (Å²) >= 11 is 0. The second-order valence-corrected chi connectivity index (χ2v) is 24.1. The highest BCUT2D eigenvalue weighted by Gasteiger charge is 2.41. The van der Waals surface area contributed by atoms with Crippen LogP contribution in [0.25, 0.3) is 11.2 Å². The van der Waals surface area contributed by atoms with Crippen molar-refractivity contribution in [2.24, 2.45) is 0 Å². The molecule has 0 aliphatic carbocycles. The SMILES string of the molecule is CCOC(=O)[C@H](Cc1ccccc1)NP(=O)(CCN1CCN(CP(=O)(N[C@@H](Cc2ccccc2)C(=O)OCC)N[C@@H](Cc2ccccc2)C(=O)OCC)CC1Cn1cnc2c(=O)[nH]cnc21)N[C@@H](Cc1ccccc1)C(=O)OCC. The number of benzene rings is 4. The van der Waals surface area contributed by atoms with Gasteiger partial charge >= 0.3 is 23.9 Å². The zero-order valence-corrected chi connectivity index (χ0v) is 47.6. The number of aromatic nitrogens is 4. The molecular weight excluding hydrogens is 1060 g/mol. The number of carbonyl (C=O) groups excluding carboxylic acids is 4. The first-order valence-electron chi connectivity index (χ1n) is 27.2. The van der Waals surface area contributed by atoms with Gasteiger partial charge in [-0.25, -0.2) is 30.3 Å². The van der Waals surface area contributed by atoms with Crippen LogP contribution in [0.15, 0.2) is 139 Å². The molecule has 1 fully saturated rings. The standard InChI is InChI=1S/C57H74N10O11P2/c1-5-75-54(69)47(33-42-21-13-9-14-22-42)61-79(73,62-48(55(70)76-6-2)34-43-23-15-10-16-24-43)32-31-66-30-29-65(37-46(66)38-67-40-60-51-52(67)58-39-59-53(51)68)41-80(74,63-49(56(71)77-7-3)35-44-25-17-11-18-26-44)64-50(57(72)78-8-4)36-45-27-19-12-20-28-45/h9-28,39-40,46-50H,5-8,29-38,41H2,1-4H3,(H,58,59,68)(H2,61,62,73)(H2,63,64,74)/t46?,47-,48-,49-,50-/m0/s1. The van der Waals surface area contributed by atoms with E-state index in [-0.39, 0.29) is 89.7 Å². The number of esters is 4. The fourth-order valence-electron chi connectivity index (χ4n) is 9.75. The average Bonchev–Trinajstić information content (AvgIpc) is 3.87. The number of carbonyl (C=O) groups is 4. The predicted molar refractivity (Wildman–Crippen MR) is 305 cm³/mol. The minimum absolute atomic E-state index is 0.0707. The number of imidazole rings is 1. The third-order valence-corrected chi connectivity index (χ3v) is 18.0. The lowest BCUT2D eigenvalue weighted by atomic mass is 10.1. The summed E-state index contributed by atoms with van der Waals surface area (Å²) in [5.74, 6) is -2.49. The molecule has 1 unspecified atom stereocenters. The summed E-state index contributed by atoms with van der Waals surface area (Å²) in [5.41, 5.74) is 3.17. The number of H-pyrrole nitrogens is 1. The maximum absolute atomic E-state index is 16.1. The second-order valence-electron chi connectivity index (χ2n) is 19.4. The van der Waals surface area contributed by atoms with Crippen LogP contribution in [-0.2, 0) is 79.5 Å². The lowest BCUT2D eigenvalue weighted by Crippen LogP contribution is -2.57. The quantitative estimate of drug-likeness (QED) is 0.0204. The molecule has 21 nitrogen and oxygen atoms in total. The fourth-order valence-corrected chi connectivity index (χ4v) is 14.5. The Hall–Kier alpha value is -6.67. The number of ether oxygens (including phenoxy) is 4. The average molecular weight is 1140 g/mol. The molecule has 4 aromatic carbocycles. The Morgan fingerprint density at radius 3 is 1.35 bits per heavy atom. The van der Waals surface area contributed by atoms with E-state index in [4.69, 9.17) is 18.9 Å². The van der Waals surface area contributed by atoms with E-state index in [2.05, 4.69) is 40.2 Å². The van der Waals surface area contributed by atoms with Gasteiger partial charge in [-0.15, -0.1) is 0 Å².